The van der Waals surface area contributed by atoms with Crippen LogP contribution in [0.5, 0.6) is 0 Å². The SMILES string of the molecule is CCOC(=O)N1CCC(NC(=O)C2(C(=O)Nc3c(C)cccc3C)CC2)CC1. The van der Waals surface area contributed by atoms with Crippen molar-refractivity contribution in [3.63, 3.8) is 0 Å². The van der Waals surface area contributed by atoms with Crippen LogP contribution in [0.15, 0.2) is 18.2 Å². The fraction of sp³-hybridized carbons (Fsp3) is 0.571. The Labute approximate surface area is 165 Å². The second-order valence-corrected chi connectivity index (χ2v) is 7.74. The third kappa shape index (κ3) is 4.13. The number of hydrogen-bond donors (Lipinski definition) is 2. The molecule has 152 valence electrons. The second-order valence-electron chi connectivity index (χ2n) is 7.74. The van der Waals surface area contributed by atoms with Crippen LogP contribution >= 0.6 is 0 Å². The maximum Gasteiger partial charge on any atom is 0.409 e. The van der Waals surface area contributed by atoms with E-state index in [1.54, 1.807) is 11.8 Å². The maximum absolute atomic E-state index is 12.9. The van der Waals surface area contributed by atoms with E-state index in [0.29, 0.717) is 45.4 Å². The van der Waals surface area contributed by atoms with Crippen molar-refractivity contribution in [3.8, 4) is 0 Å². The van der Waals surface area contributed by atoms with Crippen molar-refractivity contribution >= 4 is 23.6 Å². The van der Waals surface area contributed by atoms with Crippen molar-refractivity contribution in [2.45, 2.75) is 52.5 Å². The summed E-state index contributed by atoms with van der Waals surface area (Å²) in [6.45, 7) is 7.12. The highest BCUT2D eigenvalue weighted by molar-refractivity contribution is 6.13. The smallest absolute Gasteiger partial charge is 0.409 e. The van der Waals surface area contributed by atoms with Gasteiger partial charge in [0, 0.05) is 24.8 Å². The number of piperidine rings is 1. The van der Waals surface area contributed by atoms with E-state index in [0.717, 1.165) is 16.8 Å². The molecule has 28 heavy (non-hydrogen) atoms. The summed E-state index contributed by atoms with van der Waals surface area (Å²) in [6.07, 6.45) is 2.16. The van der Waals surface area contributed by atoms with Gasteiger partial charge in [-0.05, 0) is 57.6 Å². The minimum Gasteiger partial charge on any atom is -0.450 e. The maximum atomic E-state index is 12.9. The molecule has 3 amide bonds. The molecule has 1 aromatic carbocycles. The molecule has 0 bridgehead atoms. The van der Waals surface area contributed by atoms with Gasteiger partial charge in [0.25, 0.3) is 0 Å². The van der Waals surface area contributed by atoms with Gasteiger partial charge in [0.15, 0.2) is 0 Å². The number of nitrogens with one attached hydrogen (secondary N) is 2. The quantitative estimate of drug-likeness (QED) is 0.761. The lowest BCUT2D eigenvalue weighted by molar-refractivity contribution is -0.135. The molecule has 1 saturated carbocycles. The van der Waals surface area contributed by atoms with Gasteiger partial charge in [-0.2, -0.15) is 0 Å². The van der Waals surface area contributed by atoms with Crippen LogP contribution in [-0.2, 0) is 14.3 Å². The molecule has 0 atom stereocenters. The van der Waals surface area contributed by atoms with Crippen molar-refractivity contribution in [1.29, 1.82) is 0 Å². The van der Waals surface area contributed by atoms with Crippen molar-refractivity contribution in [2.75, 3.05) is 25.0 Å². The number of carbonyl (C=O) groups is 3. The second kappa shape index (κ2) is 8.20. The Hall–Kier alpha value is -2.57. The van der Waals surface area contributed by atoms with Gasteiger partial charge in [0.2, 0.25) is 11.8 Å². The zero-order valence-electron chi connectivity index (χ0n) is 16.8. The van der Waals surface area contributed by atoms with E-state index < -0.39 is 5.41 Å². The minimum absolute atomic E-state index is 0.0244. The van der Waals surface area contributed by atoms with Crippen LogP contribution in [-0.4, -0.2) is 48.5 Å². The van der Waals surface area contributed by atoms with Crippen LogP contribution in [0.4, 0.5) is 10.5 Å². The number of aryl methyl sites for hydroxylation is 2. The highest BCUT2D eigenvalue weighted by Gasteiger charge is 2.57. The first-order valence-electron chi connectivity index (χ1n) is 9.97. The lowest BCUT2D eigenvalue weighted by Crippen LogP contribution is -2.50. The third-order valence-corrected chi connectivity index (χ3v) is 5.70. The van der Waals surface area contributed by atoms with Gasteiger partial charge < -0.3 is 20.3 Å². The molecule has 3 rings (SSSR count). The monoisotopic (exact) mass is 387 g/mol. The van der Waals surface area contributed by atoms with Crippen molar-refractivity contribution in [3.05, 3.63) is 29.3 Å². The van der Waals surface area contributed by atoms with Gasteiger partial charge in [0.1, 0.15) is 5.41 Å². The van der Waals surface area contributed by atoms with Gasteiger partial charge >= 0.3 is 6.09 Å². The average Bonchev–Trinajstić information content (AvgIpc) is 3.47. The fourth-order valence-corrected chi connectivity index (χ4v) is 3.67. The molecule has 2 N–H and O–H groups in total. The molecule has 1 heterocycles. The Morgan fingerprint density at radius 1 is 1.11 bits per heavy atom. The molecule has 1 aliphatic heterocycles. The van der Waals surface area contributed by atoms with Gasteiger partial charge in [-0.15, -0.1) is 0 Å². The van der Waals surface area contributed by atoms with Gasteiger partial charge in [-0.25, -0.2) is 4.79 Å². The number of likely N-dealkylation sites (tertiary alicyclic amines) is 1. The summed E-state index contributed by atoms with van der Waals surface area (Å²) in [6, 6.07) is 5.81. The number of carbonyl (C=O) groups excluding carboxylic acids is 3. The first-order chi connectivity index (χ1) is 13.4. The summed E-state index contributed by atoms with van der Waals surface area (Å²) in [4.78, 5) is 39.1. The van der Waals surface area contributed by atoms with Crippen LogP contribution in [0.25, 0.3) is 0 Å². The molecule has 7 heteroatoms. The molecule has 2 fully saturated rings. The van der Waals surface area contributed by atoms with Crippen molar-refractivity contribution in [2.24, 2.45) is 5.41 Å². The van der Waals surface area contributed by atoms with Gasteiger partial charge in [-0.3, -0.25) is 9.59 Å². The fourth-order valence-electron chi connectivity index (χ4n) is 3.67. The standard InChI is InChI=1S/C21H29N3O4/c1-4-28-20(27)24-12-8-16(9-13-24)22-18(25)21(10-11-21)19(26)23-17-14(2)6-5-7-15(17)3/h5-7,16H,4,8-13H2,1-3H3,(H,22,25)(H,23,26). The molecule has 1 aliphatic carbocycles. The zero-order valence-corrected chi connectivity index (χ0v) is 16.8. The summed E-state index contributed by atoms with van der Waals surface area (Å²) in [5.41, 5.74) is 1.79. The molecule has 2 aliphatic rings. The summed E-state index contributed by atoms with van der Waals surface area (Å²) in [5, 5.41) is 6.00. The molecule has 0 radical (unpaired) electrons. The largest absolute Gasteiger partial charge is 0.450 e. The zero-order chi connectivity index (χ0) is 20.3. The van der Waals surface area contributed by atoms with Crippen LogP contribution in [0.3, 0.4) is 0 Å². The molecule has 1 aromatic rings. The predicted molar refractivity (Wildman–Crippen MR) is 106 cm³/mol. The Balaban J connectivity index is 1.56. The molecular formula is C21H29N3O4. The average molecular weight is 387 g/mol. The third-order valence-electron chi connectivity index (χ3n) is 5.70. The van der Waals surface area contributed by atoms with E-state index >= 15 is 0 Å². The van der Waals surface area contributed by atoms with E-state index in [1.807, 2.05) is 32.0 Å². The summed E-state index contributed by atoms with van der Waals surface area (Å²) >= 11 is 0. The normalized spacial score (nSPS) is 18.3. The molecule has 0 aromatic heterocycles. The number of anilines is 1. The summed E-state index contributed by atoms with van der Waals surface area (Å²) in [5.74, 6) is -0.433. The van der Waals surface area contributed by atoms with E-state index in [9.17, 15) is 14.4 Å². The number of benzene rings is 1. The molecule has 0 spiro atoms. The predicted octanol–water partition coefficient (Wildman–Crippen LogP) is 2.76. The summed E-state index contributed by atoms with van der Waals surface area (Å²) < 4.78 is 5.02. The number of amides is 3. The Morgan fingerprint density at radius 2 is 1.71 bits per heavy atom. The minimum atomic E-state index is -0.965. The Bertz CT molecular complexity index is 745. The number of nitrogens with zero attached hydrogens (tertiary/aromatic N) is 1. The number of para-hydroxylation sites is 1. The van der Waals surface area contributed by atoms with Crippen molar-refractivity contribution < 1.29 is 19.1 Å². The molecule has 0 unspecified atom stereocenters. The Kier molecular flexibility index (Phi) is 5.91. The van der Waals surface area contributed by atoms with E-state index in [1.165, 1.54) is 0 Å². The van der Waals surface area contributed by atoms with E-state index in [4.69, 9.17) is 4.74 Å². The highest BCUT2D eigenvalue weighted by Crippen LogP contribution is 2.47. The van der Waals surface area contributed by atoms with Crippen LogP contribution in [0.1, 0.15) is 43.7 Å². The number of hydrogen-bond acceptors (Lipinski definition) is 4. The van der Waals surface area contributed by atoms with Crippen LogP contribution in [0.2, 0.25) is 0 Å². The lowest BCUT2D eigenvalue weighted by Gasteiger charge is -2.32. The molecular weight excluding hydrogens is 358 g/mol. The highest BCUT2D eigenvalue weighted by atomic mass is 16.6. The van der Waals surface area contributed by atoms with Crippen molar-refractivity contribution in [1.82, 2.24) is 10.2 Å². The first-order valence-corrected chi connectivity index (χ1v) is 9.97. The topological polar surface area (TPSA) is 87.7 Å². The van der Waals surface area contributed by atoms with E-state index in [2.05, 4.69) is 10.6 Å². The molecule has 1 saturated heterocycles. The number of ether oxygens (including phenoxy) is 1. The van der Waals surface area contributed by atoms with E-state index in [-0.39, 0.29) is 23.9 Å². The Morgan fingerprint density at radius 3 is 2.25 bits per heavy atom. The summed E-state index contributed by atoms with van der Waals surface area (Å²) in [7, 11) is 0. The first kappa shape index (κ1) is 20.2. The van der Waals surface area contributed by atoms with Crippen LogP contribution < -0.4 is 10.6 Å². The lowest BCUT2D eigenvalue weighted by atomic mass is 10.00. The molecule has 7 nitrogen and oxygen atoms in total. The number of rotatable bonds is 5. The van der Waals surface area contributed by atoms with Gasteiger partial charge in [-0.1, -0.05) is 18.2 Å². The van der Waals surface area contributed by atoms with Crippen LogP contribution in [0, 0.1) is 19.3 Å². The van der Waals surface area contributed by atoms with Gasteiger partial charge in [0.05, 0.1) is 6.61 Å².